The highest BCUT2D eigenvalue weighted by Gasteiger charge is 2.26. The average Bonchev–Trinajstić information content (AvgIpc) is 3.48. The van der Waals surface area contributed by atoms with Crippen LogP contribution in [0.5, 0.6) is 0 Å². The number of carbonyl (C=O) groups excluding carboxylic acids is 1. The van der Waals surface area contributed by atoms with Crippen LogP contribution in [-0.4, -0.2) is 31.8 Å². The topological polar surface area (TPSA) is 101 Å². The summed E-state index contributed by atoms with van der Waals surface area (Å²) in [6.07, 6.45) is 6.21. The number of methoxy groups -OCH3 is 1. The number of imidazole rings is 1. The van der Waals surface area contributed by atoms with Crippen molar-refractivity contribution >= 4 is 17.1 Å². The Morgan fingerprint density at radius 2 is 1.88 bits per heavy atom. The molecule has 3 heterocycles. The van der Waals surface area contributed by atoms with Gasteiger partial charge in [-0.05, 0) is 43.5 Å². The zero-order valence-electron chi connectivity index (χ0n) is 19.2. The number of rotatable bonds is 5. The monoisotopic (exact) mass is 462 g/mol. The standard InChI is InChI=1S/C25H26N4O5/c1-16-8-6-7-11-19(16)29-22-21(23(30)28(25(29)32)17-9-4-3-5-10-17)27(15-26-22)14-18-12-13-20(34-18)24(31)33-2/h6-8,11-13,15,17H,3-5,9-10,14H2,1-2H3. The first kappa shape index (κ1) is 21.9. The van der Waals surface area contributed by atoms with E-state index in [-0.39, 0.29) is 29.6 Å². The van der Waals surface area contributed by atoms with Crippen molar-refractivity contribution in [2.24, 2.45) is 0 Å². The summed E-state index contributed by atoms with van der Waals surface area (Å²) in [6.45, 7) is 2.11. The quantitative estimate of drug-likeness (QED) is 0.420. The molecule has 0 aliphatic heterocycles. The number of aromatic nitrogens is 4. The first-order valence-electron chi connectivity index (χ1n) is 11.4. The molecule has 0 bridgehead atoms. The van der Waals surface area contributed by atoms with Crippen LogP contribution < -0.4 is 11.2 Å². The second-order valence-electron chi connectivity index (χ2n) is 8.67. The molecule has 1 saturated carbocycles. The average molecular weight is 463 g/mol. The zero-order chi connectivity index (χ0) is 23.8. The predicted octanol–water partition coefficient (Wildman–Crippen LogP) is 3.59. The van der Waals surface area contributed by atoms with E-state index in [0.717, 1.165) is 37.7 Å². The van der Waals surface area contributed by atoms with Gasteiger partial charge in [0.2, 0.25) is 5.76 Å². The number of esters is 1. The van der Waals surface area contributed by atoms with Crippen LogP contribution in [0, 0.1) is 6.92 Å². The molecule has 176 valence electrons. The van der Waals surface area contributed by atoms with Crippen LogP contribution in [0.2, 0.25) is 0 Å². The molecule has 1 fully saturated rings. The van der Waals surface area contributed by atoms with Crippen molar-refractivity contribution in [1.29, 1.82) is 0 Å². The molecule has 0 unspecified atom stereocenters. The minimum absolute atomic E-state index is 0.0818. The lowest BCUT2D eigenvalue weighted by Gasteiger charge is -2.24. The molecule has 0 amide bonds. The van der Waals surface area contributed by atoms with Crippen LogP contribution in [0.25, 0.3) is 16.9 Å². The van der Waals surface area contributed by atoms with Gasteiger partial charge < -0.3 is 13.7 Å². The van der Waals surface area contributed by atoms with E-state index >= 15 is 0 Å². The number of benzene rings is 1. The summed E-state index contributed by atoms with van der Waals surface area (Å²) in [5.74, 6) is -0.0231. The van der Waals surface area contributed by atoms with E-state index in [1.807, 2.05) is 31.2 Å². The second-order valence-corrected chi connectivity index (χ2v) is 8.67. The van der Waals surface area contributed by atoms with Gasteiger partial charge in [0.25, 0.3) is 5.56 Å². The molecule has 1 aliphatic rings. The normalized spacial score (nSPS) is 14.5. The van der Waals surface area contributed by atoms with Gasteiger partial charge in [-0.25, -0.2) is 19.1 Å². The largest absolute Gasteiger partial charge is 0.463 e. The first-order chi connectivity index (χ1) is 16.5. The third-order valence-corrected chi connectivity index (χ3v) is 6.52. The van der Waals surface area contributed by atoms with E-state index < -0.39 is 5.97 Å². The molecule has 0 spiro atoms. The van der Waals surface area contributed by atoms with E-state index in [1.165, 1.54) is 24.1 Å². The van der Waals surface area contributed by atoms with Crippen LogP contribution >= 0.6 is 0 Å². The number of para-hydroxylation sites is 1. The fraction of sp³-hybridized carbons (Fsp3) is 0.360. The maximum Gasteiger partial charge on any atom is 0.373 e. The molecule has 1 aliphatic carbocycles. The minimum atomic E-state index is -0.574. The van der Waals surface area contributed by atoms with Gasteiger partial charge in [-0.2, -0.15) is 0 Å². The fourth-order valence-corrected chi connectivity index (χ4v) is 4.81. The Bertz CT molecular complexity index is 1480. The number of carbonyl (C=O) groups is 1. The number of nitrogens with zero attached hydrogens (tertiary/aromatic N) is 4. The van der Waals surface area contributed by atoms with Crippen molar-refractivity contribution in [2.45, 2.75) is 51.6 Å². The summed E-state index contributed by atoms with van der Waals surface area (Å²) in [4.78, 5) is 43.7. The smallest absolute Gasteiger partial charge is 0.373 e. The molecule has 0 N–H and O–H groups in total. The van der Waals surface area contributed by atoms with Gasteiger partial charge in [0.15, 0.2) is 11.2 Å². The van der Waals surface area contributed by atoms with Crippen molar-refractivity contribution < 1.29 is 13.9 Å². The Balaban J connectivity index is 1.72. The maximum atomic E-state index is 13.7. The number of ether oxygens (including phenoxy) is 1. The molecule has 9 nitrogen and oxygen atoms in total. The Morgan fingerprint density at radius 3 is 2.62 bits per heavy atom. The van der Waals surface area contributed by atoms with Gasteiger partial charge in [-0.15, -0.1) is 0 Å². The van der Waals surface area contributed by atoms with Crippen molar-refractivity contribution in [3.05, 3.63) is 80.6 Å². The van der Waals surface area contributed by atoms with Crippen molar-refractivity contribution in [2.75, 3.05) is 7.11 Å². The lowest BCUT2D eigenvalue weighted by atomic mass is 9.95. The number of furan rings is 1. The van der Waals surface area contributed by atoms with Crippen molar-refractivity contribution in [1.82, 2.24) is 18.7 Å². The Morgan fingerprint density at radius 1 is 1.12 bits per heavy atom. The highest BCUT2D eigenvalue weighted by atomic mass is 16.5. The van der Waals surface area contributed by atoms with Gasteiger partial charge >= 0.3 is 11.7 Å². The molecule has 1 aromatic carbocycles. The van der Waals surface area contributed by atoms with Gasteiger partial charge in [0.1, 0.15) is 5.76 Å². The Hall–Kier alpha value is -3.88. The molecular formula is C25H26N4O5. The van der Waals surface area contributed by atoms with Gasteiger partial charge in [0.05, 0.1) is 25.7 Å². The molecule has 0 saturated heterocycles. The SMILES string of the molecule is COC(=O)c1ccc(Cn2cnc3c2c(=O)n(C2CCCCC2)c(=O)n3-c2ccccc2C)o1. The molecule has 9 heteroatoms. The summed E-state index contributed by atoms with van der Waals surface area (Å²) >= 11 is 0. The van der Waals surface area contributed by atoms with Crippen LogP contribution in [0.1, 0.15) is 60.0 Å². The molecule has 5 rings (SSSR count). The molecule has 0 atom stereocenters. The summed E-state index contributed by atoms with van der Waals surface area (Å²) < 4.78 is 14.9. The second kappa shape index (κ2) is 8.81. The third-order valence-electron chi connectivity index (χ3n) is 6.52. The van der Waals surface area contributed by atoms with Crippen LogP contribution in [-0.2, 0) is 11.3 Å². The minimum Gasteiger partial charge on any atom is -0.463 e. The highest BCUT2D eigenvalue weighted by Crippen LogP contribution is 2.27. The summed E-state index contributed by atoms with van der Waals surface area (Å²) in [5.41, 5.74) is 1.51. The van der Waals surface area contributed by atoms with Crippen LogP contribution in [0.3, 0.4) is 0 Å². The number of hydrogen-bond acceptors (Lipinski definition) is 6. The number of hydrogen-bond donors (Lipinski definition) is 0. The Labute approximate surface area is 195 Å². The van der Waals surface area contributed by atoms with E-state index in [4.69, 9.17) is 9.15 Å². The molecule has 4 aromatic rings. The molecular weight excluding hydrogens is 436 g/mol. The van der Waals surface area contributed by atoms with E-state index in [2.05, 4.69) is 4.98 Å². The van der Waals surface area contributed by atoms with Gasteiger partial charge in [-0.3, -0.25) is 9.36 Å². The molecule has 0 radical (unpaired) electrons. The summed E-state index contributed by atoms with van der Waals surface area (Å²) in [7, 11) is 1.28. The van der Waals surface area contributed by atoms with E-state index in [0.29, 0.717) is 22.6 Å². The predicted molar refractivity (Wildman–Crippen MR) is 126 cm³/mol. The molecule has 34 heavy (non-hydrogen) atoms. The third kappa shape index (κ3) is 3.67. The van der Waals surface area contributed by atoms with Crippen LogP contribution in [0.15, 0.2) is 56.7 Å². The zero-order valence-corrected chi connectivity index (χ0v) is 19.2. The van der Waals surface area contributed by atoms with Gasteiger partial charge in [0, 0.05) is 6.04 Å². The van der Waals surface area contributed by atoms with Gasteiger partial charge in [-0.1, -0.05) is 37.5 Å². The molecule has 3 aromatic heterocycles. The maximum absolute atomic E-state index is 13.7. The lowest BCUT2D eigenvalue weighted by Crippen LogP contribution is -2.43. The lowest BCUT2D eigenvalue weighted by molar-refractivity contribution is 0.0563. The fourth-order valence-electron chi connectivity index (χ4n) is 4.81. The van der Waals surface area contributed by atoms with Crippen molar-refractivity contribution in [3.63, 3.8) is 0 Å². The summed E-state index contributed by atoms with van der Waals surface area (Å²) in [5, 5.41) is 0. The van der Waals surface area contributed by atoms with E-state index in [1.54, 1.807) is 15.2 Å². The number of aryl methyl sites for hydroxylation is 1. The summed E-state index contributed by atoms with van der Waals surface area (Å²) in [6, 6.07) is 10.6. The van der Waals surface area contributed by atoms with Crippen LogP contribution in [0.4, 0.5) is 0 Å². The Kier molecular flexibility index (Phi) is 5.69. The van der Waals surface area contributed by atoms with Crippen molar-refractivity contribution in [3.8, 4) is 5.69 Å². The van der Waals surface area contributed by atoms with E-state index in [9.17, 15) is 14.4 Å². The first-order valence-corrected chi connectivity index (χ1v) is 11.4. The number of fused-ring (bicyclic) bond motifs is 1. The highest BCUT2D eigenvalue weighted by molar-refractivity contribution is 5.86.